The van der Waals surface area contributed by atoms with Crippen molar-refractivity contribution in [2.24, 2.45) is 5.92 Å². The zero-order valence-electron chi connectivity index (χ0n) is 10.4. The Morgan fingerprint density at radius 3 is 2.76 bits per heavy atom. The highest BCUT2D eigenvalue weighted by atomic mass is 79.9. The van der Waals surface area contributed by atoms with Gasteiger partial charge in [-0.1, -0.05) is 41.1 Å². The van der Waals surface area contributed by atoms with Crippen LogP contribution in [0.5, 0.6) is 0 Å². The summed E-state index contributed by atoms with van der Waals surface area (Å²) in [5.74, 6) is 2.79. The summed E-state index contributed by atoms with van der Waals surface area (Å²) in [4.78, 5) is 0. The number of aliphatic hydroxyl groups excluding tert-OH is 1. The van der Waals surface area contributed by atoms with Gasteiger partial charge in [0, 0.05) is 11.1 Å². The molecule has 1 nitrogen and oxygen atoms in total. The Morgan fingerprint density at radius 1 is 1.35 bits per heavy atom. The minimum absolute atomic E-state index is 0.290. The highest BCUT2D eigenvalue weighted by Crippen LogP contribution is 2.22. The van der Waals surface area contributed by atoms with Gasteiger partial charge in [-0.15, -0.1) is 0 Å². The molecule has 0 amide bonds. The van der Waals surface area contributed by atoms with Crippen LogP contribution in [0.2, 0.25) is 0 Å². The van der Waals surface area contributed by atoms with Gasteiger partial charge >= 0.3 is 0 Å². The molecule has 1 atom stereocenters. The van der Waals surface area contributed by atoms with Crippen LogP contribution in [0.3, 0.4) is 0 Å². The van der Waals surface area contributed by atoms with Crippen LogP contribution in [-0.2, 0) is 6.42 Å². The topological polar surface area (TPSA) is 20.2 Å². The van der Waals surface area contributed by atoms with Crippen LogP contribution in [0.15, 0.2) is 28.7 Å². The number of aliphatic hydroxyl groups is 1. The third-order valence-electron chi connectivity index (χ3n) is 2.83. The highest BCUT2D eigenvalue weighted by molar-refractivity contribution is 9.10. The Labute approximate surface area is 117 Å². The first-order chi connectivity index (χ1) is 8.27. The Bertz CT molecular complexity index is 317. The average molecular weight is 317 g/mol. The summed E-state index contributed by atoms with van der Waals surface area (Å²) in [6.45, 7) is 2.48. The fraction of sp³-hybridized carbons (Fsp3) is 0.571. The van der Waals surface area contributed by atoms with Crippen molar-refractivity contribution in [2.75, 3.05) is 18.1 Å². The van der Waals surface area contributed by atoms with Crippen molar-refractivity contribution in [3.63, 3.8) is 0 Å². The molecule has 1 rings (SSSR count). The summed E-state index contributed by atoms with van der Waals surface area (Å²) in [5.41, 5.74) is 1.30. The van der Waals surface area contributed by atoms with Crippen LogP contribution in [0.4, 0.5) is 0 Å². The second-order valence-corrected chi connectivity index (χ2v) is 6.43. The molecule has 1 aromatic rings. The van der Waals surface area contributed by atoms with E-state index < -0.39 is 0 Å². The van der Waals surface area contributed by atoms with E-state index in [1.54, 1.807) is 0 Å². The average Bonchev–Trinajstić information content (AvgIpc) is 2.35. The number of rotatable bonds is 8. The summed E-state index contributed by atoms with van der Waals surface area (Å²) in [6.07, 6.45) is 3.29. The molecule has 0 fully saturated rings. The molecule has 17 heavy (non-hydrogen) atoms. The van der Waals surface area contributed by atoms with E-state index in [1.807, 2.05) is 17.8 Å². The van der Waals surface area contributed by atoms with Crippen molar-refractivity contribution in [1.29, 1.82) is 0 Å². The molecule has 0 radical (unpaired) electrons. The quantitative estimate of drug-likeness (QED) is 0.727. The molecule has 0 aliphatic heterocycles. The molecule has 0 aliphatic carbocycles. The van der Waals surface area contributed by atoms with Crippen LogP contribution in [0.1, 0.15) is 25.3 Å². The standard InChI is InChI=1S/C14H21BrOS/c1-2-17-9-5-6-12(11-16)10-13-7-3-4-8-14(13)15/h3-4,7-8,12,16H,2,5-6,9-11H2,1H3. The fourth-order valence-electron chi connectivity index (χ4n) is 1.85. The zero-order valence-corrected chi connectivity index (χ0v) is 12.8. The zero-order chi connectivity index (χ0) is 12.5. The van der Waals surface area contributed by atoms with E-state index in [9.17, 15) is 5.11 Å². The van der Waals surface area contributed by atoms with Crippen LogP contribution < -0.4 is 0 Å². The van der Waals surface area contributed by atoms with Gasteiger partial charge < -0.3 is 5.11 Å². The Morgan fingerprint density at radius 2 is 2.12 bits per heavy atom. The number of benzene rings is 1. The minimum Gasteiger partial charge on any atom is -0.396 e. The normalized spacial score (nSPS) is 12.6. The van der Waals surface area contributed by atoms with Gasteiger partial charge in [-0.3, -0.25) is 0 Å². The molecular weight excluding hydrogens is 296 g/mol. The molecule has 3 heteroatoms. The summed E-state index contributed by atoms with van der Waals surface area (Å²) in [6, 6.07) is 8.28. The van der Waals surface area contributed by atoms with Crippen molar-refractivity contribution in [2.45, 2.75) is 26.2 Å². The third-order valence-corrected chi connectivity index (χ3v) is 4.59. The molecule has 1 N–H and O–H groups in total. The molecule has 96 valence electrons. The van der Waals surface area contributed by atoms with E-state index in [4.69, 9.17) is 0 Å². The predicted octanol–water partition coefficient (Wildman–Crippen LogP) is 4.13. The summed E-state index contributed by atoms with van der Waals surface area (Å²) < 4.78 is 1.15. The maximum atomic E-state index is 9.41. The third kappa shape index (κ3) is 5.94. The SMILES string of the molecule is CCSCCCC(CO)Cc1ccccc1Br. The van der Waals surface area contributed by atoms with E-state index in [0.717, 1.165) is 17.3 Å². The first-order valence-electron chi connectivity index (χ1n) is 6.20. The van der Waals surface area contributed by atoms with Crippen molar-refractivity contribution in [3.05, 3.63) is 34.3 Å². The maximum absolute atomic E-state index is 9.41. The van der Waals surface area contributed by atoms with Crippen LogP contribution in [-0.4, -0.2) is 23.2 Å². The minimum atomic E-state index is 0.290. The molecule has 0 aliphatic rings. The van der Waals surface area contributed by atoms with Crippen LogP contribution in [0, 0.1) is 5.92 Å². The van der Waals surface area contributed by atoms with Gasteiger partial charge in [-0.2, -0.15) is 11.8 Å². The molecule has 1 aromatic carbocycles. The molecule has 1 unspecified atom stereocenters. The summed E-state index contributed by atoms with van der Waals surface area (Å²) in [7, 11) is 0. The van der Waals surface area contributed by atoms with Crippen LogP contribution >= 0.6 is 27.7 Å². The van der Waals surface area contributed by atoms with Gasteiger partial charge in [-0.25, -0.2) is 0 Å². The molecule has 0 saturated carbocycles. The van der Waals surface area contributed by atoms with Crippen molar-refractivity contribution in [3.8, 4) is 0 Å². The largest absolute Gasteiger partial charge is 0.396 e. The molecule has 0 saturated heterocycles. The van der Waals surface area contributed by atoms with Gasteiger partial charge in [-0.05, 0) is 48.3 Å². The highest BCUT2D eigenvalue weighted by Gasteiger charge is 2.10. The van der Waals surface area contributed by atoms with E-state index in [2.05, 4.69) is 41.1 Å². The lowest BCUT2D eigenvalue weighted by atomic mass is 9.96. The maximum Gasteiger partial charge on any atom is 0.0462 e. The van der Waals surface area contributed by atoms with Crippen LogP contribution in [0.25, 0.3) is 0 Å². The number of halogens is 1. The molecular formula is C14H21BrOS. The number of thioether (sulfide) groups is 1. The van der Waals surface area contributed by atoms with E-state index >= 15 is 0 Å². The second-order valence-electron chi connectivity index (χ2n) is 4.18. The molecule has 0 heterocycles. The Hall–Kier alpha value is 0.01000. The smallest absolute Gasteiger partial charge is 0.0462 e. The summed E-state index contributed by atoms with van der Waals surface area (Å²) >= 11 is 5.54. The predicted molar refractivity (Wildman–Crippen MR) is 80.7 cm³/mol. The van der Waals surface area contributed by atoms with Gasteiger partial charge in [0.05, 0.1) is 0 Å². The molecule has 0 aromatic heterocycles. The molecule has 0 spiro atoms. The van der Waals surface area contributed by atoms with Gasteiger partial charge in [0.15, 0.2) is 0 Å². The van der Waals surface area contributed by atoms with E-state index in [1.165, 1.54) is 23.5 Å². The number of hydrogen-bond donors (Lipinski definition) is 1. The Balaban J connectivity index is 2.38. The van der Waals surface area contributed by atoms with Gasteiger partial charge in [0.2, 0.25) is 0 Å². The first-order valence-corrected chi connectivity index (χ1v) is 8.14. The van der Waals surface area contributed by atoms with E-state index in [0.29, 0.717) is 5.92 Å². The lowest BCUT2D eigenvalue weighted by Gasteiger charge is -2.14. The first kappa shape index (κ1) is 15.1. The van der Waals surface area contributed by atoms with Crippen molar-refractivity contribution in [1.82, 2.24) is 0 Å². The van der Waals surface area contributed by atoms with Crippen molar-refractivity contribution >= 4 is 27.7 Å². The van der Waals surface area contributed by atoms with E-state index in [-0.39, 0.29) is 6.61 Å². The van der Waals surface area contributed by atoms with Crippen molar-refractivity contribution < 1.29 is 5.11 Å². The second kappa shape index (κ2) is 9.01. The van der Waals surface area contributed by atoms with Gasteiger partial charge in [0.1, 0.15) is 0 Å². The lowest BCUT2D eigenvalue weighted by molar-refractivity contribution is 0.217. The Kier molecular flexibility index (Phi) is 7.99. The number of hydrogen-bond acceptors (Lipinski definition) is 2. The monoisotopic (exact) mass is 316 g/mol. The lowest BCUT2D eigenvalue weighted by Crippen LogP contribution is -2.10. The fourth-order valence-corrected chi connectivity index (χ4v) is 2.96. The molecule has 0 bridgehead atoms. The summed E-state index contributed by atoms with van der Waals surface area (Å²) in [5, 5.41) is 9.41. The van der Waals surface area contributed by atoms with Gasteiger partial charge in [0.25, 0.3) is 0 Å².